The first-order valence-electron chi connectivity index (χ1n) is 6.72. The van der Waals surface area contributed by atoms with Crippen molar-refractivity contribution >= 4 is 5.97 Å². The van der Waals surface area contributed by atoms with Crippen molar-refractivity contribution < 1.29 is 19.0 Å². The van der Waals surface area contributed by atoms with Gasteiger partial charge in [-0.1, -0.05) is 6.92 Å². The van der Waals surface area contributed by atoms with Crippen molar-refractivity contribution in [3.8, 4) is 0 Å². The van der Waals surface area contributed by atoms with Gasteiger partial charge < -0.3 is 19.5 Å². The van der Waals surface area contributed by atoms with E-state index in [9.17, 15) is 4.79 Å². The Balaban J connectivity index is 2.02. The normalized spacial score (nSPS) is 23.9. The number of nitrogens with one attached hydrogen (secondary N) is 1. The van der Waals surface area contributed by atoms with Crippen LogP contribution < -0.4 is 5.32 Å². The van der Waals surface area contributed by atoms with Gasteiger partial charge in [0, 0.05) is 20.3 Å². The van der Waals surface area contributed by atoms with Gasteiger partial charge in [0.25, 0.3) is 0 Å². The Kier molecular flexibility index (Phi) is 7.96. The lowest BCUT2D eigenvalue weighted by molar-refractivity contribution is -0.149. The molecule has 18 heavy (non-hydrogen) atoms. The first-order valence-corrected chi connectivity index (χ1v) is 6.72. The fourth-order valence-electron chi connectivity index (χ4n) is 2.06. The monoisotopic (exact) mass is 259 g/mol. The van der Waals surface area contributed by atoms with Gasteiger partial charge in [-0.3, -0.25) is 4.79 Å². The zero-order valence-electron chi connectivity index (χ0n) is 11.4. The van der Waals surface area contributed by atoms with Gasteiger partial charge in [-0.25, -0.2) is 0 Å². The van der Waals surface area contributed by atoms with Crippen molar-refractivity contribution in [1.29, 1.82) is 0 Å². The molecule has 1 heterocycles. The summed E-state index contributed by atoms with van der Waals surface area (Å²) in [5.74, 6) is 0.205. The highest BCUT2D eigenvalue weighted by Crippen LogP contribution is 2.16. The molecule has 0 spiro atoms. The van der Waals surface area contributed by atoms with E-state index in [2.05, 4.69) is 12.2 Å². The quantitative estimate of drug-likeness (QED) is 0.520. The number of hydrogen-bond acceptors (Lipinski definition) is 5. The number of rotatable bonds is 8. The summed E-state index contributed by atoms with van der Waals surface area (Å²) in [5, 5.41) is 3.21. The second kappa shape index (κ2) is 9.30. The first kappa shape index (κ1) is 15.4. The largest absolute Gasteiger partial charge is 0.462 e. The molecule has 0 amide bonds. The molecule has 0 aromatic carbocycles. The third-order valence-electron chi connectivity index (χ3n) is 3.13. The molecule has 2 unspecified atom stereocenters. The maximum atomic E-state index is 11.8. The van der Waals surface area contributed by atoms with E-state index in [-0.39, 0.29) is 12.0 Å². The molecule has 1 fully saturated rings. The molecule has 1 N–H and O–H groups in total. The number of ether oxygens (including phenoxy) is 3. The van der Waals surface area contributed by atoms with Gasteiger partial charge in [-0.05, 0) is 31.7 Å². The first-order chi connectivity index (χ1) is 8.75. The summed E-state index contributed by atoms with van der Waals surface area (Å²) < 4.78 is 15.4. The predicted molar refractivity (Wildman–Crippen MR) is 68.5 cm³/mol. The molecule has 1 rings (SSSR count). The van der Waals surface area contributed by atoms with Gasteiger partial charge in [0.2, 0.25) is 0 Å². The van der Waals surface area contributed by atoms with Gasteiger partial charge in [0.15, 0.2) is 0 Å². The van der Waals surface area contributed by atoms with Gasteiger partial charge in [0.1, 0.15) is 12.6 Å². The molecule has 0 aromatic rings. The average molecular weight is 259 g/mol. The van der Waals surface area contributed by atoms with Crippen LogP contribution in [-0.2, 0) is 19.0 Å². The molecule has 1 saturated heterocycles. The van der Waals surface area contributed by atoms with Gasteiger partial charge in [-0.2, -0.15) is 0 Å². The molecule has 1 aliphatic rings. The van der Waals surface area contributed by atoms with Crippen LogP contribution in [0.2, 0.25) is 0 Å². The standard InChI is InChI=1S/C13H25NO4/c1-11-5-3-6-14-12(11)13(15)18-10-9-17-8-4-7-16-2/h11-12,14H,3-10H2,1-2H3. The lowest BCUT2D eigenvalue weighted by atomic mass is 9.93. The van der Waals surface area contributed by atoms with Crippen molar-refractivity contribution in [2.24, 2.45) is 5.92 Å². The second-order valence-electron chi connectivity index (χ2n) is 4.68. The van der Waals surface area contributed by atoms with Crippen molar-refractivity contribution in [1.82, 2.24) is 5.32 Å². The maximum Gasteiger partial charge on any atom is 0.323 e. The number of carbonyl (C=O) groups excluding carboxylic acids is 1. The maximum absolute atomic E-state index is 11.8. The summed E-state index contributed by atoms with van der Waals surface area (Å²) >= 11 is 0. The van der Waals surface area contributed by atoms with Gasteiger partial charge >= 0.3 is 5.97 Å². The minimum Gasteiger partial charge on any atom is -0.462 e. The van der Waals surface area contributed by atoms with Crippen LogP contribution in [0, 0.1) is 5.92 Å². The van der Waals surface area contributed by atoms with E-state index in [1.807, 2.05) is 0 Å². The van der Waals surface area contributed by atoms with Crippen LogP contribution in [0.15, 0.2) is 0 Å². The van der Waals surface area contributed by atoms with Crippen molar-refractivity contribution in [2.45, 2.75) is 32.2 Å². The molecular formula is C13H25NO4. The Morgan fingerprint density at radius 1 is 1.28 bits per heavy atom. The van der Waals surface area contributed by atoms with E-state index in [0.717, 1.165) is 25.8 Å². The predicted octanol–water partition coefficient (Wildman–Crippen LogP) is 0.971. The fourth-order valence-corrected chi connectivity index (χ4v) is 2.06. The van der Waals surface area contributed by atoms with Crippen LogP contribution in [0.5, 0.6) is 0 Å². The Morgan fingerprint density at radius 2 is 2.11 bits per heavy atom. The average Bonchev–Trinajstić information content (AvgIpc) is 2.38. The molecule has 2 atom stereocenters. The topological polar surface area (TPSA) is 56.8 Å². The SMILES string of the molecule is COCCCOCCOC(=O)C1NCCCC1C. The number of methoxy groups -OCH3 is 1. The molecule has 1 aliphatic heterocycles. The lowest BCUT2D eigenvalue weighted by Crippen LogP contribution is -2.46. The Labute approximate surface area is 109 Å². The molecular weight excluding hydrogens is 234 g/mol. The molecule has 5 nitrogen and oxygen atoms in total. The van der Waals surface area contributed by atoms with Crippen LogP contribution in [0.25, 0.3) is 0 Å². The van der Waals surface area contributed by atoms with Crippen LogP contribution >= 0.6 is 0 Å². The number of piperidine rings is 1. The van der Waals surface area contributed by atoms with E-state index >= 15 is 0 Å². The molecule has 0 bridgehead atoms. The molecule has 0 aromatic heterocycles. The van der Waals surface area contributed by atoms with E-state index in [1.54, 1.807) is 7.11 Å². The highest BCUT2D eigenvalue weighted by Gasteiger charge is 2.28. The van der Waals surface area contributed by atoms with Crippen LogP contribution in [0.1, 0.15) is 26.2 Å². The van der Waals surface area contributed by atoms with Gasteiger partial charge in [-0.15, -0.1) is 0 Å². The second-order valence-corrected chi connectivity index (χ2v) is 4.68. The van der Waals surface area contributed by atoms with E-state index in [1.165, 1.54) is 0 Å². The molecule has 106 valence electrons. The summed E-state index contributed by atoms with van der Waals surface area (Å²) in [7, 11) is 1.67. The molecule has 5 heteroatoms. The van der Waals surface area contributed by atoms with E-state index in [0.29, 0.717) is 32.3 Å². The highest BCUT2D eigenvalue weighted by molar-refractivity contribution is 5.76. The van der Waals surface area contributed by atoms with Crippen LogP contribution in [0.4, 0.5) is 0 Å². The molecule has 0 saturated carbocycles. The smallest absolute Gasteiger partial charge is 0.323 e. The zero-order valence-corrected chi connectivity index (χ0v) is 11.4. The van der Waals surface area contributed by atoms with E-state index < -0.39 is 0 Å². The summed E-state index contributed by atoms with van der Waals surface area (Å²) in [5.41, 5.74) is 0. The Morgan fingerprint density at radius 3 is 2.83 bits per heavy atom. The molecule has 0 radical (unpaired) electrons. The van der Waals surface area contributed by atoms with Crippen molar-refractivity contribution in [3.63, 3.8) is 0 Å². The number of hydrogen-bond donors (Lipinski definition) is 1. The highest BCUT2D eigenvalue weighted by atomic mass is 16.6. The van der Waals surface area contributed by atoms with Crippen molar-refractivity contribution in [3.05, 3.63) is 0 Å². The summed E-state index contributed by atoms with van der Waals surface area (Å²) in [6.45, 7) is 5.11. The van der Waals surface area contributed by atoms with Crippen LogP contribution in [-0.4, -0.2) is 52.1 Å². The summed E-state index contributed by atoms with van der Waals surface area (Å²) in [6, 6.07) is -0.146. The Bertz CT molecular complexity index is 235. The lowest BCUT2D eigenvalue weighted by Gasteiger charge is -2.28. The van der Waals surface area contributed by atoms with Crippen LogP contribution in [0.3, 0.4) is 0 Å². The van der Waals surface area contributed by atoms with E-state index in [4.69, 9.17) is 14.2 Å². The fraction of sp³-hybridized carbons (Fsp3) is 0.923. The summed E-state index contributed by atoms with van der Waals surface area (Å²) in [6.07, 6.45) is 3.08. The van der Waals surface area contributed by atoms with Crippen molar-refractivity contribution in [2.75, 3.05) is 40.1 Å². The Hall–Kier alpha value is -0.650. The number of esters is 1. The summed E-state index contributed by atoms with van der Waals surface area (Å²) in [4.78, 5) is 11.8. The third-order valence-corrected chi connectivity index (χ3v) is 3.13. The minimum absolute atomic E-state index is 0.146. The minimum atomic E-state index is -0.150. The zero-order chi connectivity index (χ0) is 13.2. The third kappa shape index (κ3) is 5.80. The number of carbonyl (C=O) groups is 1. The molecule has 0 aliphatic carbocycles. The van der Waals surface area contributed by atoms with Gasteiger partial charge in [0.05, 0.1) is 6.61 Å².